The van der Waals surface area contributed by atoms with Gasteiger partial charge in [-0.15, -0.1) is 0 Å². The average Bonchev–Trinajstić information content (AvgIpc) is 1.66. The van der Waals surface area contributed by atoms with E-state index >= 15 is 0 Å². The third-order valence-corrected chi connectivity index (χ3v) is 17.2. The Hall–Kier alpha value is -11.2. The molecular formula is C78H84N16O10S2Zn+2. The van der Waals surface area contributed by atoms with E-state index < -0.39 is 20.2 Å². The first kappa shape index (κ1) is 84.7. The van der Waals surface area contributed by atoms with Crippen molar-refractivity contribution in [2.75, 3.05) is 13.2 Å². The normalized spacial score (nSPS) is 11.6. The SMILES string of the molecule is C/C(=N\N=C(/C)c1nc2ccccc2n1Cc1cccnc1)c1nc2ccccc2n1Cc1cccnc1.C/C(=N\N=C(/C)c1nc2ccccc2n1Cc1cccnc1)c1nc2ccccc2n1Cc1cccnc1.CCO.CCO.Cc1ccc(S(=O)(=O)[O-])cc1.Cc1ccc(S(=O)(=O)[O-])cc1.[OH3+].[OH3+].[Zn+2]. The molecule has 0 unspecified atom stereocenters. The molecule has 0 radical (unpaired) electrons. The summed E-state index contributed by atoms with van der Waals surface area (Å²) in [5, 5.41) is 33.6. The molecule has 0 saturated carbocycles. The standard InChI is InChI=1S/2C30H26N8.2C7H8O3S.2C2H6O.2H2O.Zn/c2*1-21(29-33-25-11-3-5-13-27(25)37(29)19-23-9-7-15-31-17-23)35-36-22(2)30-34-26-12-4-6-14-28(26)38(30)20-24-10-8-16-32-18-24;2*1-6-2-4-7(5-3-6)11(8,9)10;2*1-2-3;;;/h2*3-18H,19-20H2,1-2H3;2*2-5H,1H3,(H,8,9,10);2*3H,2H2,1H3;2*1H2;/q;;;;;;;;+2/b2*35-21+,36-22+;;;;;;;. The monoisotopic (exact) mass is 1530 g/mol. The topological polar surface area (TPSA) is 393 Å². The van der Waals surface area contributed by atoms with Crippen LogP contribution in [0, 0.1) is 13.8 Å². The third kappa shape index (κ3) is 23.4. The van der Waals surface area contributed by atoms with Crippen molar-refractivity contribution in [1.82, 2.24) is 58.1 Å². The second-order valence-corrected chi connectivity index (χ2v) is 26.2. The minimum absolute atomic E-state index is 0. The van der Waals surface area contributed by atoms with E-state index in [4.69, 9.17) is 30.1 Å². The average molecular weight is 1540 g/mol. The van der Waals surface area contributed by atoms with Crippen molar-refractivity contribution in [3.8, 4) is 0 Å². The molecule has 548 valence electrons. The molecule has 6 aromatic carbocycles. The minimum Gasteiger partial charge on any atom is -0.744 e. The van der Waals surface area contributed by atoms with E-state index in [0.29, 0.717) is 26.2 Å². The number of aryl methyl sites for hydroxylation is 2. The molecule has 14 rings (SSSR count). The van der Waals surface area contributed by atoms with Gasteiger partial charge in [-0.25, -0.2) is 36.8 Å². The van der Waals surface area contributed by atoms with Crippen LogP contribution in [0.5, 0.6) is 0 Å². The van der Waals surface area contributed by atoms with E-state index in [1.54, 1.807) is 62.9 Å². The van der Waals surface area contributed by atoms with Gasteiger partial charge in [0.05, 0.1) is 80.1 Å². The van der Waals surface area contributed by atoms with E-state index in [1.807, 2.05) is 163 Å². The Morgan fingerprint density at radius 2 is 0.561 bits per heavy atom. The molecule has 8 N–H and O–H groups in total. The van der Waals surface area contributed by atoms with Crippen LogP contribution in [0.4, 0.5) is 0 Å². The van der Waals surface area contributed by atoms with Crippen LogP contribution in [0.2, 0.25) is 0 Å². The second kappa shape index (κ2) is 40.9. The van der Waals surface area contributed by atoms with Crippen LogP contribution in [0.1, 0.15) is 98.2 Å². The van der Waals surface area contributed by atoms with Crippen LogP contribution < -0.4 is 0 Å². The third-order valence-electron chi connectivity index (χ3n) is 15.5. The first-order chi connectivity index (χ1) is 50.2. The number of aromatic nitrogens is 12. The summed E-state index contributed by atoms with van der Waals surface area (Å²) >= 11 is 0. The van der Waals surface area contributed by atoms with Crippen LogP contribution in [0.15, 0.2) is 274 Å². The molecule has 29 heteroatoms. The largest absolute Gasteiger partial charge is 2.00 e. The number of aliphatic hydroxyl groups is 2. The summed E-state index contributed by atoms with van der Waals surface area (Å²) in [6, 6.07) is 60.0. The fraction of sp³-hybridized carbons (Fsp3) is 0.179. The molecule has 0 spiro atoms. The van der Waals surface area contributed by atoms with Crippen molar-refractivity contribution in [2.24, 2.45) is 20.4 Å². The van der Waals surface area contributed by atoms with E-state index in [1.165, 1.54) is 24.3 Å². The van der Waals surface area contributed by atoms with Crippen molar-refractivity contribution in [1.29, 1.82) is 0 Å². The number of benzene rings is 6. The Bertz CT molecular complexity index is 4900. The predicted octanol–water partition coefficient (Wildman–Crippen LogP) is 11.0. The van der Waals surface area contributed by atoms with Gasteiger partial charge < -0.3 is 48.5 Å². The van der Waals surface area contributed by atoms with Gasteiger partial charge in [-0.2, -0.15) is 20.4 Å². The smallest absolute Gasteiger partial charge is 0.744 e. The van der Waals surface area contributed by atoms with Gasteiger partial charge in [0.1, 0.15) is 43.1 Å². The Kier molecular flexibility index (Phi) is 32.4. The Morgan fingerprint density at radius 1 is 0.355 bits per heavy atom. The van der Waals surface area contributed by atoms with Gasteiger partial charge in [-0.3, -0.25) is 19.9 Å². The zero-order chi connectivity index (χ0) is 74.2. The number of aliphatic hydroxyl groups excluding tert-OH is 2. The van der Waals surface area contributed by atoms with Crippen molar-refractivity contribution >= 4 is 87.2 Å². The van der Waals surface area contributed by atoms with Crippen LogP contribution >= 0.6 is 0 Å². The summed E-state index contributed by atoms with van der Waals surface area (Å²) in [5.41, 5.74) is 16.9. The molecule has 107 heavy (non-hydrogen) atoms. The number of hydrogen-bond donors (Lipinski definition) is 2. The number of nitrogens with zero attached hydrogens (tertiary/aromatic N) is 16. The van der Waals surface area contributed by atoms with Crippen LogP contribution in [0.3, 0.4) is 0 Å². The quantitative estimate of drug-likeness (QED) is 0.0298. The van der Waals surface area contributed by atoms with Gasteiger partial charge in [0.15, 0.2) is 23.3 Å². The molecular weight excluding hydrogens is 1450 g/mol. The predicted molar refractivity (Wildman–Crippen MR) is 415 cm³/mol. The molecule has 26 nitrogen and oxygen atoms in total. The maximum Gasteiger partial charge on any atom is 2.00 e. The summed E-state index contributed by atoms with van der Waals surface area (Å²) < 4.78 is 71.0. The van der Waals surface area contributed by atoms with Gasteiger partial charge in [-0.1, -0.05) is 108 Å². The second-order valence-electron chi connectivity index (χ2n) is 23.4. The molecule has 0 aliphatic heterocycles. The summed E-state index contributed by atoms with van der Waals surface area (Å²) in [5.74, 6) is 3.09. The number of hydrogen-bond acceptors (Lipinski definition) is 20. The van der Waals surface area contributed by atoms with Crippen LogP contribution in [0.25, 0.3) is 44.1 Å². The zero-order valence-electron chi connectivity index (χ0n) is 60.5. The van der Waals surface area contributed by atoms with Gasteiger partial charge in [0.25, 0.3) is 0 Å². The van der Waals surface area contributed by atoms with E-state index in [9.17, 15) is 25.9 Å². The van der Waals surface area contributed by atoms with Crippen LogP contribution in [-0.4, -0.2) is 130 Å². The van der Waals surface area contributed by atoms with Crippen molar-refractivity contribution in [3.05, 3.63) is 300 Å². The van der Waals surface area contributed by atoms with Crippen molar-refractivity contribution in [3.63, 3.8) is 0 Å². The molecule has 0 bridgehead atoms. The molecule has 0 amide bonds. The molecule has 0 atom stereocenters. The fourth-order valence-corrected chi connectivity index (χ4v) is 11.6. The van der Waals surface area contributed by atoms with Crippen molar-refractivity contribution in [2.45, 2.75) is 91.4 Å². The van der Waals surface area contributed by atoms with Gasteiger partial charge in [0, 0.05) is 62.8 Å². The van der Waals surface area contributed by atoms with Gasteiger partial charge in [-0.05, 0) is 175 Å². The maximum atomic E-state index is 10.4. The minimum atomic E-state index is -4.27. The molecule has 0 saturated heterocycles. The van der Waals surface area contributed by atoms with Crippen LogP contribution in [-0.2, 0) is 76.8 Å². The van der Waals surface area contributed by atoms with Crippen molar-refractivity contribution < 1.29 is 66.6 Å². The number of imidazole rings is 4. The number of fused-ring (bicyclic) bond motifs is 4. The van der Waals surface area contributed by atoms with Gasteiger partial charge >= 0.3 is 19.5 Å². The first-order valence-corrected chi connectivity index (χ1v) is 35.8. The molecule has 8 aromatic heterocycles. The fourth-order valence-electron chi connectivity index (χ4n) is 10.6. The van der Waals surface area contributed by atoms with Gasteiger partial charge in [0.2, 0.25) is 0 Å². The number of pyridine rings is 4. The summed E-state index contributed by atoms with van der Waals surface area (Å²) in [6.07, 6.45) is 14.6. The summed E-state index contributed by atoms with van der Waals surface area (Å²) in [7, 11) is -8.54. The Labute approximate surface area is 633 Å². The van der Waals surface area contributed by atoms with E-state index in [-0.39, 0.29) is 53.4 Å². The molecule has 14 aromatic rings. The Balaban J connectivity index is 0.000000242. The summed E-state index contributed by atoms with van der Waals surface area (Å²) in [6.45, 7) is 17.8. The number of para-hydroxylation sites is 8. The van der Waals surface area contributed by atoms with E-state index in [2.05, 4.69) is 107 Å². The maximum absolute atomic E-state index is 10.4. The number of rotatable bonds is 16. The summed E-state index contributed by atoms with van der Waals surface area (Å²) in [4.78, 5) is 36.3. The Morgan fingerprint density at radius 3 is 0.748 bits per heavy atom. The van der Waals surface area contributed by atoms with E-state index in [0.717, 1.165) is 124 Å². The molecule has 0 aliphatic carbocycles. The first-order valence-electron chi connectivity index (χ1n) is 33.0. The molecule has 0 aliphatic rings. The zero-order valence-corrected chi connectivity index (χ0v) is 65.1. The molecule has 0 fully saturated rings. The molecule has 8 heterocycles.